The van der Waals surface area contributed by atoms with Crippen LogP contribution in [0.25, 0.3) is 0 Å². The minimum atomic E-state index is -2.90. The molecule has 0 bridgehead atoms. The minimum absolute atomic E-state index is 0.178. The maximum Gasteiger partial charge on any atom is 0.150 e. The van der Waals surface area contributed by atoms with Gasteiger partial charge < -0.3 is 0 Å². The SMILES string of the molecule is CCS(=O)(=O)CCCC(=O)C1C2CCCCC21. The summed E-state index contributed by atoms with van der Waals surface area (Å²) in [5.74, 6) is 2.29. The summed E-state index contributed by atoms with van der Waals surface area (Å²) >= 11 is 0. The van der Waals surface area contributed by atoms with E-state index in [0.717, 1.165) is 0 Å². The highest BCUT2D eigenvalue weighted by Gasteiger charge is 2.53. The molecule has 0 amide bonds. The molecule has 4 heteroatoms. The van der Waals surface area contributed by atoms with Gasteiger partial charge in [0.15, 0.2) is 0 Å². The molecule has 2 aliphatic rings. The Morgan fingerprint density at radius 1 is 1.18 bits per heavy atom. The molecular formula is C13H22O3S. The van der Waals surface area contributed by atoms with Crippen LogP contribution in [-0.2, 0) is 14.6 Å². The van der Waals surface area contributed by atoms with Crippen molar-refractivity contribution in [2.24, 2.45) is 17.8 Å². The van der Waals surface area contributed by atoms with Gasteiger partial charge in [0.2, 0.25) is 0 Å². The van der Waals surface area contributed by atoms with E-state index in [4.69, 9.17) is 0 Å². The van der Waals surface area contributed by atoms with E-state index in [0.29, 0.717) is 36.4 Å². The van der Waals surface area contributed by atoms with Crippen molar-refractivity contribution in [3.05, 3.63) is 0 Å². The van der Waals surface area contributed by atoms with E-state index in [2.05, 4.69) is 0 Å². The van der Waals surface area contributed by atoms with E-state index in [1.54, 1.807) is 6.92 Å². The molecule has 98 valence electrons. The Labute approximate surface area is 104 Å². The lowest BCUT2D eigenvalue weighted by Crippen LogP contribution is -2.11. The molecule has 0 N–H and O–H groups in total. The van der Waals surface area contributed by atoms with Crippen LogP contribution >= 0.6 is 0 Å². The summed E-state index contributed by atoms with van der Waals surface area (Å²) in [7, 11) is -2.90. The number of carbonyl (C=O) groups is 1. The first kappa shape index (κ1) is 13.1. The monoisotopic (exact) mass is 258 g/mol. The van der Waals surface area contributed by atoms with E-state index in [1.807, 2.05) is 0 Å². The molecular weight excluding hydrogens is 236 g/mol. The summed E-state index contributed by atoms with van der Waals surface area (Å²) in [4.78, 5) is 12.0. The van der Waals surface area contributed by atoms with E-state index < -0.39 is 9.84 Å². The van der Waals surface area contributed by atoms with Crippen LogP contribution in [0.15, 0.2) is 0 Å². The Morgan fingerprint density at radius 3 is 2.29 bits per heavy atom. The molecule has 0 saturated heterocycles. The molecule has 2 atom stereocenters. The van der Waals surface area contributed by atoms with E-state index in [-0.39, 0.29) is 11.5 Å². The third-order valence-corrected chi connectivity index (χ3v) is 6.14. The first-order valence-electron chi connectivity index (χ1n) is 6.78. The lowest BCUT2D eigenvalue weighted by molar-refractivity contribution is -0.120. The number of hydrogen-bond acceptors (Lipinski definition) is 3. The van der Waals surface area contributed by atoms with E-state index in [1.165, 1.54) is 25.7 Å². The largest absolute Gasteiger partial charge is 0.299 e. The zero-order valence-corrected chi connectivity index (χ0v) is 11.3. The maximum absolute atomic E-state index is 12.0. The van der Waals surface area contributed by atoms with Gasteiger partial charge in [-0.05, 0) is 31.1 Å². The average Bonchev–Trinajstić information content (AvgIpc) is 3.03. The van der Waals surface area contributed by atoms with Gasteiger partial charge in [-0.3, -0.25) is 4.79 Å². The summed E-state index contributed by atoms with van der Waals surface area (Å²) in [5.41, 5.74) is 0. The number of rotatable bonds is 6. The molecule has 0 aliphatic heterocycles. The van der Waals surface area contributed by atoms with Crippen molar-refractivity contribution in [1.82, 2.24) is 0 Å². The number of sulfone groups is 1. The molecule has 0 radical (unpaired) electrons. The molecule has 0 heterocycles. The fourth-order valence-corrected chi connectivity index (χ4v) is 4.12. The van der Waals surface area contributed by atoms with Crippen LogP contribution in [0.1, 0.15) is 45.4 Å². The van der Waals surface area contributed by atoms with Gasteiger partial charge in [-0.2, -0.15) is 0 Å². The van der Waals surface area contributed by atoms with Gasteiger partial charge in [0.05, 0.1) is 5.75 Å². The molecule has 3 nitrogen and oxygen atoms in total. The molecule has 0 aromatic carbocycles. The third-order valence-electron chi connectivity index (χ3n) is 4.35. The summed E-state index contributed by atoms with van der Waals surface area (Å²) in [5, 5.41) is 0. The number of carbonyl (C=O) groups excluding carboxylic acids is 1. The predicted molar refractivity (Wildman–Crippen MR) is 67.5 cm³/mol. The van der Waals surface area contributed by atoms with Crippen LogP contribution in [0.2, 0.25) is 0 Å². The van der Waals surface area contributed by atoms with Gasteiger partial charge >= 0.3 is 0 Å². The Hall–Kier alpha value is -0.380. The zero-order chi connectivity index (χ0) is 12.5. The molecule has 2 aliphatic carbocycles. The average molecular weight is 258 g/mol. The highest BCUT2D eigenvalue weighted by molar-refractivity contribution is 7.91. The summed E-state index contributed by atoms with van der Waals surface area (Å²) in [6.07, 6.45) is 5.97. The summed E-state index contributed by atoms with van der Waals surface area (Å²) < 4.78 is 22.6. The summed E-state index contributed by atoms with van der Waals surface area (Å²) in [6.45, 7) is 1.66. The standard InChI is InChI=1S/C13H22O3S/c1-2-17(15,16)9-5-8-12(14)13-10-6-3-4-7-11(10)13/h10-11,13H,2-9H2,1H3. The van der Waals surface area contributed by atoms with Crippen molar-refractivity contribution < 1.29 is 13.2 Å². The van der Waals surface area contributed by atoms with Gasteiger partial charge in [0, 0.05) is 18.1 Å². The molecule has 2 unspecified atom stereocenters. The Morgan fingerprint density at radius 2 is 1.76 bits per heavy atom. The van der Waals surface area contributed by atoms with Gasteiger partial charge in [-0.1, -0.05) is 19.8 Å². The molecule has 2 fully saturated rings. The Kier molecular flexibility index (Phi) is 3.91. The van der Waals surface area contributed by atoms with Gasteiger partial charge in [0.1, 0.15) is 15.6 Å². The van der Waals surface area contributed by atoms with Crippen LogP contribution < -0.4 is 0 Å². The van der Waals surface area contributed by atoms with Crippen LogP contribution in [0, 0.1) is 17.8 Å². The third kappa shape index (κ3) is 3.09. The fourth-order valence-electron chi connectivity index (χ4n) is 3.25. The number of fused-ring (bicyclic) bond motifs is 1. The smallest absolute Gasteiger partial charge is 0.150 e. The molecule has 17 heavy (non-hydrogen) atoms. The van der Waals surface area contributed by atoms with Crippen molar-refractivity contribution in [1.29, 1.82) is 0 Å². The molecule has 0 spiro atoms. The van der Waals surface area contributed by atoms with Gasteiger partial charge in [-0.15, -0.1) is 0 Å². The van der Waals surface area contributed by atoms with E-state index >= 15 is 0 Å². The zero-order valence-electron chi connectivity index (χ0n) is 10.5. The van der Waals surface area contributed by atoms with Gasteiger partial charge in [-0.25, -0.2) is 8.42 Å². The first-order chi connectivity index (χ1) is 8.05. The second-order valence-corrected chi connectivity index (χ2v) is 7.92. The molecule has 2 saturated carbocycles. The van der Waals surface area contributed by atoms with E-state index in [9.17, 15) is 13.2 Å². The van der Waals surface area contributed by atoms with Crippen LogP contribution in [0.3, 0.4) is 0 Å². The second kappa shape index (κ2) is 5.09. The van der Waals surface area contributed by atoms with Gasteiger partial charge in [0.25, 0.3) is 0 Å². The summed E-state index contributed by atoms with van der Waals surface area (Å²) in [6, 6.07) is 0. The first-order valence-corrected chi connectivity index (χ1v) is 8.60. The van der Waals surface area contributed by atoms with Crippen LogP contribution in [0.5, 0.6) is 0 Å². The molecule has 0 aromatic rings. The van der Waals surface area contributed by atoms with Crippen molar-refractivity contribution in [2.45, 2.75) is 45.4 Å². The maximum atomic E-state index is 12.0. The quantitative estimate of drug-likeness (QED) is 0.734. The number of Topliss-reactive ketones (excluding diaryl/α,β-unsaturated/α-hetero) is 1. The highest BCUT2D eigenvalue weighted by atomic mass is 32.2. The highest BCUT2D eigenvalue weighted by Crippen LogP contribution is 2.56. The number of ketones is 1. The minimum Gasteiger partial charge on any atom is -0.299 e. The number of hydrogen-bond donors (Lipinski definition) is 0. The van der Waals surface area contributed by atoms with Crippen LogP contribution in [0.4, 0.5) is 0 Å². The van der Waals surface area contributed by atoms with Crippen molar-refractivity contribution in [2.75, 3.05) is 11.5 Å². The van der Waals surface area contributed by atoms with Crippen LogP contribution in [-0.4, -0.2) is 25.7 Å². The Balaban J connectivity index is 1.72. The van der Waals surface area contributed by atoms with Crippen molar-refractivity contribution in [3.8, 4) is 0 Å². The fraction of sp³-hybridized carbons (Fsp3) is 0.923. The Bertz CT molecular complexity index is 373. The topological polar surface area (TPSA) is 51.2 Å². The second-order valence-electron chi connectivity index (χ2n) is 5.44. The predicted octanol–water partition coefficient (Wildman–Crippen LogP) is 2.21. The molecule has 2 rings (SSSR count). The lowest BCUT2D eigenvalue weighted by atomic mass is 10.0. The molecule has 0 aromatic heterocycles. The lowest BCUT2D eigenvalue weighted by Gasteiger charge is -2.04. The van der Waals surface area contributed by atoms with Crippen molar-refractivity contribution in [3.63, 3.8) is 0 Å². The normalized spacial score (nSPS) is 31.9. The van der Waals surface area contributed by atoms with Crippen molar-refractivity contribution >= 4 is 15.6 Å².